The number of anilines is 2. The van der Waals surface area contributed by atoms with Gasteiger partial charge >= 0.3 is 0 Å². The molecule has 5 heteroatoms. The first-order valence-electron chi connectivity index (χ1n) is 11.7. The minimum absolute atomic E-state index is 1.02. The van der Waals surface area contributed by atoms with E-state index >= 15 is 0 Å². The molecule has 0 bridgehead atoms. The maximum atomic E-state index is 4.73. The second-order valence-electron chi connectivity index (χ2n) is 8.84. The van der Waals surface area contributed by atoms with Gasteiger partial charge in [-0.05, 0) is 80.0 Å². The summed E-state index contributed by atoms with van der Waals surface area (Å²) >= 11 is 1.95. The molecule has 2 aliphatic heterocycles. The fraction of sp³-hybridized carbons (Fsp3) is 0.500. The third kappa shape index (κ3) is 5.03. The molecule has 0 amide bonds. The number of aryl methyl sites for hydroxylation is 2. The molecule has 0 unspecified atom stereocenters. The lowest BCUT2D eigenvalue weighted by Gasteiger charge is -2.39. The summed E-state index contributed by atoms with van der Waals surface area (Å²) in [5, 5.41) is 0. The fourth-order valence-electron chi connectivity index (χ4n) is 4.81. The molecule has 2 fully saturated rings. The van der Waals surface area contributed by atoms with Crippen molar-refractivity contribution in [3.05, 3.63) is 58.8 Å². The Hall–Kier alpha value is -2.14. The van der Waals surface area contributed by atoms with E-state index in [0.717, 1.165) is 45.0 Å². The summed E-state index contributed by atoms with van der Waals surface area (Å²) in [7, 11) is 0. The first kappa shape index (κ1) is 22.1. The average molecular weight is 437 g/mol. The molecule has 0 aliphatic carbocycles. The molecular formula is C26H36N4S. The Kier molecular flexibility index (Phi) is 7.11. The van der Waals surface area contributed by atoms with E-state index in [0.29, 0.717) is 0 Å². The van der Waals surface area contributed by atoms with Crippen LogP contribution in [0.15, 0.2) is 42.1 Å². The molecule has 31 heavy (non-hydrogen) atoms. The normalized spacial score (nSPS) is 17.9. The first-order chi connectivity index (χ1) is 15.1. The van der Waals surface area contributed by atoms with Gasteiger partial charge in [0.15, 0.2) is 0 Å². The van der Waals surface area contributed by atoms with E-state index in [1.165, 1.54) is 52.2 Å². The van der Waals surface area contributed by atoms with Crippen molar-refractivity contribution in [3.8, 4) is 0 Å². The molecule has 166 valence electrons. The zero-order valence-electron chi connectivity index (χ0n) is 19.5. The van der Waals surface area contributed by atoms with Gasteiger partial charge < -0.3 is 14.1 Å². The topological polar surface area (TPSA) is 22.6 Å². The van der Waals surface area contributed by atoms with Crippen LogP contribution in [-0.4, -0.2) is 48.4 Å². The summed E-state index contributed by atoms with van der Waals surface area (Å²) in [6.45, 7) is 14.2. The van der Waals surface area contributed by atoms with Crippen molar-refractivity contribution in [2.75, 3.05) is 47.7 Å². The molecule has 2 aromatic rings. The molecule has 0 N–H and O–H groups in total. The van der Waals surface area contributed by atoms with Crippen LogP contribution < -0.4 is 9.21 Å². The van der Waals surface area contributed by atoms with Crippen molar-refractivity contribution in [2.45, 2.75) is 47.0 Å². The number of aromatic nitrogens is 1. The lowest BCUT2D eigenvalue weighted by molar-refractivity contribution is 0.363. The second-order valence-corrected chi connectivity index (χ2v) is 9.95. The molecule has 0 radical (unpaired) electrons. The number of piperazine rings is 1. The van der Waals surface area contributed by atoms with E-state index in [9.17, 15) is 0 Å². The van der Waals surface area contributed by atoms with Gasteiger partial charge in [0, 0.05) is 56.1 Å². The number of hydrogen-bond donors (Lipinski definition) is 0. The van der Waals surface area contributed by atoms with Crippen molar-refractivity contribution >= 4 is 29.2 Å². The van der Waals surface area contributed by atoms with Gasteiger partial charge in [0.05, 0.1) is 0 Å². The highest BCUT2D eigenvalue weighted by molar-refractivity contribution is 8.00. The SMILES string of the molecule is CCC/C(C)=C(/c1ccc(N2CCCS2)cc1)N1CCN(c2ncc(C)cc2C)CC1. The monoisotopic (exact) mass is 436 g/mol. The van der Waals surface area contributed by atoms with Crippen LogP contribution in [0.5, 0.6) is 0 Å². The van der Waals surface area contributed by atoms with Crippen LogP contribution in [-0.2, 0) is 0 Å². The second kappa shape index (κ2) is 9.99. The van der Waals surface area contributed by atoms with Crippen LogP contribution in [0.3, 0.4) is 0 Å². The van der Waals surface area contributed by atoms with E-state index in [4.69, 9.17) is 4.98 Å². The minimum Gasteiger partial charge on any atom is -0.368 e. The Labute approximate surface area is 192 Å². The number of pyridine rings is 1. The first-order valence-corrected chi connectivity index (χ1v) is 12.6. The largest absolute Gasteiger partial charge is 0.368 e. The van der Waals surface area contributed by atoms with Crippen molar-refractivity contribution in [1.29, 1.82) is 0 Å². The highest BCUT2D eigenvalue weighted by atomic mass is 32.2. The number of hydrogen-bond acceptors (Lipinski definition) is 5. The van der Waals surface area contributed by atoms with Crippen molar-refractivity contribution < 1.29 is 0 Å². The smallest absolute Gasteiger partial charge is 0.131 e. The van der Waals surface area contributed by atoms with Gasteiger partial charge in [0.2, 0.25) is 0 Å². The summed E-state index contributed by atoms with van der Waals surface area (Å²) in [5.74, 6) is 2.38. The van der Waals surface area contributed by atoms with Crippen LogP contribution in [0.4, 0.5) is 11.5 Å². The maximum absolute atomic E-state index is 4.73. The lowest BCUT2D eigenvalue weighted by Crippen LogP contribution is -2.46. The quantitative estimate of drug-likeness (QED) is 0.524. The predicted octanol–water partition coefficient (Wildman–Crippen LogP) is 5.91. The van der Waals surface area contributed by atoms with Gasteiger partial charge in [-0.3, -0.25) is 0 Å². The molecule has 1 aromatic heterocycles. The van der Waals surface area contributed by atoms with E-state index in [2.05, 4.69) is 72.1 Å². The van der Waals surface area contributed by atoms with Crippen LogP contribution >= 0.6 is 11.9 Å². The zero-order chi connectivity index (χ0) is 21.8. The highest BCUT2D eigenvalue weighted by Crippen LogP contribution is 2.32. The molecule has 0 atom stereocenters. The molecule has 4 rings (SSSR count). The van der Waals surface area contributed by atoms with E-state index in [-0.39, 0.29) is 0 Å². The Morgan fingerprint density at radius 3 is 2.39 bits per heavy atom. The van der Waals surface area contributed by atoms with Gasteiger partial charge in [-0.1, -0.05) is 31.5 Å². The van der Waals surface area contributed by atoms with E-state index < -0.39 is 0 Å². The third-order valence-corrected chi connectivity index (χ3v) is 7.47. The Morgan fingerprint density at radius 1 is 1.03 bits per heavy atom. The van der Waals surface area contributed by atoms with Crippen molar-refractivity contribution in [2.24, 2.45) is 0 Å². The lowest BCUT2D eigenvalue weighted by atomic mass is 10.0. The van der Waals surface area contributed by atoms with Gasteiger partial charge in [0.1, 0.15) is 5.82 Å². The number of nitrogens with zero attached hydrogens (tertiary/aromatic N) is 4. The van der Waals surface area contributed by atoms with Crippen molar-refractivity contribution in [1.82, 2.24) is 9.88 Å². The summed E-state index contributed by atoms with van der Waals surface area (Å²) in [5.41, 5.74) is 8.15. The molecular weight excluding hydrogens is 400 g/mol. The van der Waals surface area contributed by atoms with Gasteiger partial charge in [-0.25, -0.2) is 4.98 Å². The number of rotatable bonds is 6. The fourth-order valence-corrected chi connectivity index (χ4v) is 5.82. The van der Waals surface area contributed by atoms with Crippen molar-refractivity contribution in [3.63, 3.8) is 0 Å². The Bertz CT molecular complexity index is 908. The van der Waals surface area contributed by atoms with Crippen LogP contribution in [0.1, 0.15) is 49.8 Å². The molecule has 0 spiro atoms. The molecule has 2 aliphatic rings. The summed E-state index contributed by atoms with van der Waals surface area (Å²) in [6, 6.07) is 11.5. The van der Waals surface area contributed by atoms with Crippen LogP contribution in [0, 0.1) is 13.8 Å². The average Bonchev–Trinajstić information content (AvgIpc) is 3.30. The standard InChI is InChI=1S/C26H36N4S/c1-5-7-21(3)25(23-8-10-24(11-9-23)30-12-6-17-31-30)28-13-15-29(16-14-28)26-22(4)18-20(2)19-27-26/h8-11,18-19H,5-7,12-17H2,1-4H3/b25-21-. The highest BCUT2D eigenvalue weighted by Gasteiger charge is 2.23. The minimum atomic E-state index is 1.02. The van der Waals surface area contributed by atoms with E-state index in [1.807, 2.05) is 18.1 Å². The summed E-state index contributed by atoms with van der Waals surface area (Å²) < 4.78 is 2.43. The predicted molar refractivity (Wildman–Crippen MR) is 136 cm³/mol. The number of benzene rings is 1. The van der Waals surface area contributed by atoms with Gasteiger partial charge in [-0.15, -0.1) is 0 Å². The summed E-state index contributed by atoms with van der Waals surface area (Å²) in [4.78, 5) is 9.78. The summed E-state index contributed by atoms with van der Waals surface area (Å²) in [6.07, 6.45) is 5.61. The molecule has 0 saturated carbocycles. The molecule has 4 nitrogen and oxygen atoms in total. The molecule has 2 saturated heterocycles. The van der Waals surface area contributed by atoms with Gasteiger partial charge in [-0.2, -0.15) is 0 Å². The molecule has 3 heterocycles. The third-order valence-electron chi connectivity index (χ3n) is 6.29. The van der Waals surface area contributed by atoms with E-state index in [1.54, 1.807) is 0 Å². The van der Waals surface area contributed by atoms with Gasteiger partial charge in [0.25, 0.3) is 0 Å². The zero-order valence-corrected chi connectivity index (χ0v) is 20.3. The molecule has 1 aromatic carbocycles. The maximum Gasteiger partial charge on any atom is 0.131 e. The Balaban J connectivity index is 1.52. The van der Waals surface area contributed by atoms with Crippen LogP contribution in [0.2, 0.25) is 0 Å². The van der Waals surface area contributed by atoms with Crippen LogP contribution in [0.25, 0.3) is 5.70 Å². The Morgan fingerprint density at radius 2 is 1.77 bits per heavy atom. The number of allylic oxidation sites excluding steroid dienone is 1.